The van der Waals surface area contributed by atoms with Crippen LogP contribution in [0.1, 0.15) is 10.4 Å². The van der Waals surface area contributed by atoms with Crippen LogP contribution in [0.25, 0.3) is 0 Å². The van der Waals surface area contributed by atoms with E-state index in [4.69, 9.17) is 10.0 Å². The van der Waals surface area contributed by atoms with E-state index in [0.29, 0.717) is 5.56 Å². The number of carbonyl (C=O) groups is 1. The van der Waals surface area contributed by atoms with Gasteiger partial charge in [0, 0.05) is 5.56 Å². The molecule has 0 spiro atoms. The molecule has 0 aliphatic carbocycles. The van der Waals surface area contributed by atoms with Gasteiger partial charge in [-0.25, -0.2) is 0 Å². The van der Waals surface area contributed by atoms with Gasteiger partial charge < -0.3 is 10.0 Å². The molecule has 0 aromatic heterocycles. The molecule has 0 aliphatic rings. The molecule has 0 unspecified atom stereocenters. The number of ketones is 1. The van der Waals surface area contributed by atoms with Gasteiger partial charge in [-0.3, -0.25) is 4.79 Å². The van der Waals surface area contributed by atoms with E-state index in [1.165, 1.54) is 6.08 Å². The molecule has 2 N–H and O–H groups in total. The Kier molecular flexibility index (Phi) is 6.50. The summed E-state index contributed by atoms with van der Waals surface area (Å²) in [5, 5.41) is 14.0. The average Bonchev–Trinajstić information content (AvgIpc) is 2.19. The van der Waals surface area contributed by atoms with Crippen LogP contribution in [0.2, 0.25) is 0 Å². The van der Waals surface area contributed by atoms with Gasteiger partial charge in [-0.1, -0.05) is 36.9 Å². The van der Waals surface area contributed by atoms with Gasteiger partial charge in [0.25, 0.3) is 0 Å². The van der Waals surface area contributed by atoms with Crippen LogP contribution >= 0.6 is 0 Å². The molecule has 13 heavy (non-hydrogen) atoms. The third-order valence-electron chi connectivity index (χ3n) is 1.24. The van der Waals surface area contributed by atoms with E-state index in [2.05, 4.69) is 6.58 Å². The Bertz CT molecular complexity index is 259. The van der Waals surface area contributed by atoms with Crippen molar-refractivity contribution >= 4 is 13.5 Å². The Morgan fingerprint density at radius 3 is 2.15 bits per heavy atom. The number of carbonyl (C=O) groups excluding carboxylic acids is 1. The van der Waals surface area contributed by atoms with E-state index in [1.54, 1.807) is 12.1 Å². The number of hydrogen-bond donors (Lipinski definition) is 2. The molecular formula is C9H10BO3. The van der Waals surface area contributed by atoms with Gasteiger partial charge in [-0.15, -0.1) is 0 Å². The Morgan fingerprint density at radius 2 is 1.77 bits per heavy atom. The molecule has 0 fully saturated rings. The van der Waals surface area contributed by atoms with Gasteiger partial charge in [-0.2, -0.15) is 0 Å². The Balaban J connectivity index is 0.000000424. The third kappa shape index (κ3) is 4.95. The summed E-state index contributed by atoms with van der Waals surface area (Å²) in [7, 11) is 0. The number of benzene rings is 1. The fourth-order valence-corrected chi connectivity index (χ4v) is 0.720. The van der Waals surface area contributed by atoms with E-state index in [9.17, 15) is 4.79 Å². The van der Waals surface area contributed by atoms with Crippen molar-refractivity contribution < 1.29 is 14.8 Å². The van der Waals surface area contributed by atoms with E-state index >= 15 is 0 Å². The SMILES string of the molecule is C=CC(=O)c1ccccc1.O[B]O. The van der Waals surface area contributed by atoms with Crippen LogP contribution in [0, 0.1) is 0 Å². The van der Waals surface area contributed by atoms with Crippen LogP contribution in [-0.4, -0.2) is 23.5 Å². The minimum absolute atomic E-state index is 0. The zero-order chi connectivity index (χ0) is 10.1. The molecule has 0 aliphatic heterocycles. The highest BCUT2D eigenvalue weighted by Crippen LogP contribution is 1.99. The van der Waals surface area contributed by atoms with Crippen LogP contribution in [0.4, 0.5) is 0 Å². The molecule has 3 nitrogen and oxygen atoms in total. The zero-order valence-electron chi connectivity index (χ0n) is 7.05. The van der Waals surface area contributed by atoms with Gasteiger partial charge in [0.2, 0.25) is 0 Å². The predicted octanol–water partition coefficient (Wildman–Crippen LogP) is 0.560. The highest BCUT2D eigenvalue weighted by molar-refractivity contribution is 6.13. The molecule has 67 valence electrons. The number of hydrogen-bond acceptors (Lipinski definition) is 3. The summed E-state index contributed by atoms with van der Waals surface area (Å²) in [4.78, 5) is 10.9. The van der Waals surface area contributed by atoms with Crippen molar-refractivity contribution in [2.45, 2.75) is 0 Å². The first-order valence-corrected chi connectivity index (χ1v) is 3.58. The van der Waals surface area contributed by atoms with E-state index in [1.807, 2.05) is 18.2 Å². The highest BCUT2D eigenvalue weighted by atomic mass is 16.4. The first-order chi connectivity index (χ1) is 6.26. The molecule has 0 atom stereocenters. The maximum absolute atomic E-state index is 10.9. The van der Waals surface area contributed by atoms with E-state index in [-0.39, 0.29) is 13.5 Å². The predicted molar refractivity (Wildman–Crippen MR) is 51.2 cm³/mol. The number of rotatable bonds is 2. The topological polar surface area (TPSA) is 57.5 Å². The van der Waals surface area contributed by atoms with Crippen molar-refractivity contribution in [2.75, 3.05) is 0 Å². The van der Waals surface area contributed by atoms with Crippen molar-refractivity contribution in [3.05, 3.63) is 48.6 Å². The van der Waals surface area contributed by atoms with Crippen molar-refractivity contribution in [1.29, 1.82) is 0 Å². The summed E-state index contributed by atoms with van der Waals surface area (Å²) in [5.74, 6) is -0.0272. The largest absolute Gasteiger partial charge is 0.482 e. The van der Waals surface area contributed by atoms with E-state index in [0.717, 1.165) is 0 Å². The first-order valence-electron chi connectivity index (χ1n) is 3.58. The second-order valence-corrected chi connectivity index (χ2v) is 2.05. The van der Waals surface area contributed by atoms with Crippen LogP contribution in [0.5, 0.6) is 0 Å². The summed E-state index contributed by atoms with van der Waals surface area (Å²) in [5.41, 5.74) is 0.692. The molecule has 0 heterocycles. The molecule has 0 saturated heterocycles. The standard InChI is InChI=1S/C9H8O.BH2O2/c1-2-9(10)8-6-4-3-5-7-8;2-1-3/h2-7H,1H2;2-3H. The molecular weight excluding hydrogens is 167 g/mol. The second kappa shape index (κ2) is 7.27. The van der Waals surface area contributed by atoms with Crippen molar-refractivity contribution in [3.8, 4) is 0 Å². The third-order valence-corrected chi connectivity index (χ3v) is 1.24. The lowest BCUT2D eigenvalue weighted by Gasteiger charge is -1.90. The van der Waals surface area contributed by atoms with Crippen molar-refractivity contribution in [3.63, 3.8) is 0 Å². The van der Waals surface area contributed by atoms with Crippen molar-refractivity contribution in [1.82, 2.24) is 0 Å². The summed E-state index contributed by atoms with van der Waals surface area (Å²) in [6, 6.07) is 9.07. The second-order valence-electron chi connectivity index (χ2n) is 2.05. The summed E-state index contributed by atoms with van der Waals surface area (Å²) in [6.07, 6.45) is 1.31. The monoisotopic (exact) mass is 177 g/mol. The van der Waals surface area contributed by atoms with Gasteiger partial charge in [0.1, 0.15) is 0 Å². The van der Waals surface area contributed by atoms with Crippen molar-refractivity contribution in [2.24, 2.45) is 0 Å². The van der Waals surface area contributed by atoms with Gasteiger partial charge >= 0.3 is 7.69 Å². The maximum atomic E-state index is 10.9. The van der Waals surface area contributed by atoms with Gasteiger partial charge in [0.05, 0.1) is 0 Å². The Morgan fingerprint density at radius 1 is 1.31 bits per heavy atom. The fourth-order valence-electron chi connectivity index (χ4n) is 0.720. The molecule has 1 aromatic carbocycles. The quantitative estimate of drug-likeness (QED) is 0.394. The lowest BCUT2D eigenvalue weighted by molar-refractivity contribution is 0.104. The lowest BCUT2D eigenvalue weighted by Crippen LogP contribution is -1.90. The zero-order valence-corrected chi connectivity index (χ0v) is 7.05. The average molecular weight is 177 g/mol. The molecule has 1 radical (unpaired) electrons. The molecule has 0 bridgehead atoms. The molecule has 4 heteroatoms. The Hall–Kier alpha value is -1.39. The first kappa shape index (κ1) is 11.6. The molecule has 1 rings (SSSR count). The van der Waals surface area contributed by atoms with E-state index < -0.39 is 0 Å². The smallest absolute Gasteiger partial charge is 0.429 e. The Labute approximate surface area is 77.6 Å². The van der Waals surface area contributed by atoms with Crippen LogP contribution in [0.15, 0.2) is 43.0 Å². The lowest BCUT2D eigenvalue weighted by atomic mass is 10.1. The number of allylic oxidation sites excluding steroid dienone is 1. The van der Waals surface area contributed by atoms with Gasteiger partial charge in [-0.05, 0) is 6.08 Å². The molecule has 0 amide bonds. The fraction of sp³-hybridized carbons (Fsp3) is 0. The normalized spacial score (nSPS) is 7.85. The van der Waals surface area contributed by atoms with Crippen LogP contribution in [0.3, 0.4) is 0 Å². The molecule has 0 saturated carbocycles. The van der Waals surface area contributed by atoms with Gasteiger partial charge in [0.15, 0.2) is 5.78 Å². The minimum atomic E-state index is -0.0272. The summed E-state index contributed by atoms with van der Waals surface area (Å²) < 4.78 is 0. The van der Waals surface area contributed by atoms with Crippen LogP contribution in [-0.2, 0) is 0 Å². The van der Waals surface area contributed by atoms with Crippen LogP contribution < -0.4 is 0 Å². The summed E-state index contributed by atoms with van der Waals surface area (Å²) in [6.45, 7) is 3.39. The molecule has 1 aromatic rings. The minimum Gasteiger partial charge on any atom is -0.429 e. The maximum Gasteiger partial charge on any atom is 0.482 e. The highest BCUT2D eigenvalue weighted by Gasteiger charge is 1.95. The summed E-state index contributed by atoms with van der Waals surface area (Å²) >= 11 is 0.